The van der Waals surface area contributed by atoms with Gasteiger partial charge in [-0.3, -0.25) is 33.6 Å². The Kier molecular flexibility index (Phi) is 16.1. The van der Waals surface area contributed by atoms with Crippen molar-refractivity contribution in [3.63, 3.8) is 0 Å². The van der Waals surface area contributed by atoms with E-state index in [1.165, 1.54) is 4.90 Å². The molecule has 4 fully saturated rings. The van der Waals surface area contributed by atoms with Gasteiger partial charge in [0, 0.05) is 33.5 Å². The van der Waals surface area contributed by atoms with Gasteiger partial charge in [0.15, 0.2) is 0 Å². The zero-order valence-electron chi connectivity index (χ0n) is 33.1. The van der Waals surface area contributed by atoms with E-state index in [-0.39, 0.29) is 34.1 Å². The Morgan fingerprint density at radius 2 is 1.50 bits per heavy atom. The number of likely N-dealkylation sites (tertiary alicyclic amines) is 1. The van der Waals surface area contributed by atoms with Gasteiger partial charge >= 0.3 is 0 Å². The molecular formula is C41H60N6O7S2. The molecule has 2 aliphatic heterocycles. The maximum atomic E-state index is 14.7. The van der Waals surface area contributed by atoms with Gasteiger partial charge in [0.05, 0.1) is 16.7 Å². The van der Waals surface area contributed by atoms with Gasteiger partial charge in [-0.2, -0.15) is 0 Å². The van der Waals surface area contributed by atoms with Crippen LogP contribution in [0.5, 0.6) is 0 Å². The van der Waals surface area contributed by atoms with Gasteiger partial charge < -0.3 is 31.1 Å². The van der Waals surface area contributed by atoms with Crippen LogP contribution in [0.3, 0.4) is 0 Å². The number of hydrogen-bond acceptors (Lipinski definition) is 9. The van der Waals surface area contributed by atoms with Crippen molar-refractivity contribution in [1.82, 2.24) is 31.1 Å². The number of Topliss-reactive ketones (excluding diaryl/α,β-unsaturated/α-hetero) is 1. The zero-order valence-corrected chi connectivity index (χ0v) is 34.8. The fourth-order valence-corrected chi connectivity index (χ4v) is 11.9. The lowest BCUT2D eigenvalue weighted by Gasteiger charge is -2.36. The van der Waals surface area contributed by atoms with E-state index in [1.54, 1.807) is 72.9 Å². The van der Waals surface area contributed by atoms with Crippen molar-refractivity contribution in [3.8, 4) is 0 Å². The van der Waals surface area contributed by atoms with Crippen LogP contribution in [0.15, 0.2) is 30.3 Å². The van der Waals surface area contributed by atoms with E-state index >= 15 is 0 Å². The van der Waals surface area contributed by atoms with E-state index in [1.807, 2.05) is 6.92 Å². The van der Waals surface area contributed by atoms with Gasteiger partial charge in [-0.25, -0.2) is 0 Å². The van der Waals surface area contributed by atoms with Gasteiger partial charge in [-0.05, 0) is 67.4 Å². The number of carbonyl (C=O) groups is 7. The van der Waals surface area contributed by atoms with Gasteiger partial charge in [0.25, 0.3) is 5.91 Å². The molecule has 13 nitrogen and oxygen atoms in total. The molecule has 4 atom stereocenters. The van der Waals surface area contributed by atoms with E-state index in [0.717, 1.165) is 75.7 Å². The Labute approximate surface area is 339 Å². The Bertz CT molecular complexity index is 1560. The summed E-state index contributed by atoms with van der Waals surface area (Å²) in [6.45, 7) is 1.63. The summed E-state index contributed by atoms with van der Waals surface area (Å²) in [5.41, 5.74) is 0.565. The first-order valence-electron chi connectivity index (χ1n) is 20.5. The first-order chi connectivity index (χ1) is 26.9. The molecule has 2 aliphatic carbocycles. The minimum atomic E-state index is -1.18. The average molecular weight is 813 g/mol. The zero-order chi connectivity index (χ0) is 40.2. The van der Waals surface area contributed by atoms with Crippen LogP contribution in [0.25, 0.3) is 0 Å². The van der Waals surface area contributed by atoms with Gasteiger partial charge in [-0.1, -0.05) is 75.8 Å². The van der Waals surface area contributed by atoms with Crippen molar-refractivity contribution in [2.75, 3.05) is 38.7 Å². The summed E-state index contributed by atoms with van der Waals surface area (Å²) in [4.78, 5) is 98.0. The molecule has 4 N–H and O–H groups in total. The van der Waals surface area contributed by atoms with Crippen LogP contribution in [-0.4, -0.2) is 112 Å². The molecule has 6 amide bonds. The van der Waals surface area contributed by atoms with Gasteiger partial charge in [0.2, 0.25) is 35.3 Å². The van der Waals surface area contributed by atoms with Crippen LogP contribution in [0.1, 0.15) is 108 Å². The molecule has 0 aromatic heterocycles. The Balaban J connectivity index is 1.27. The number of likely N-dealkylation sites (N-methyl/N-ethyl adjacent to an activating group) is 1. The van der Waals surface area contributed by atoms with Crippen molar-refractivity contribution < 1.29 is 33.6 Å². The molecule has 1 aromatic rings. The summed E-state index contributed by atoms with van der Waals surface area (Å²) >= 11 is 3.52. The third kappa shape index (κ3) is 11.5. The second-order valence-corrected chi connectivity index (χ2v) is 19.2. The summed E-state index contributed by atoms with van der Waals surface area (Å²) < 4.78 is -0.387. The third-order valence-corrected chi connectivity index (χ3v) is 14.9. The molecule has 1 spiro atoms. The number of rotatable bonds is 16. The highest BCUT2D eigenvalue weighted by Gasteiger charge is 2.52. The molecule has 4 unspecified atom stereocenters. The number of thioether (sulfide) groups is 2. The minimum Gasteiger partial charge on any atom is -0.347 e. The van der Waals surface area contributed by atoms with Crippen LogP contribution < -0.4 is 21.3 Å². The van der Waals surface area contributed by atoms with E-state index in [2.05, 4.69) is 21.3 Å². The largest absolute Gasteiger partial charge is 0.347 e. The van der Waals surface area contributed by atoms with Crippen molar-refractivity contribution in [1.29, 1.82) is 0 Å². The molecule has 1 aromatic carbocycles. The molecule has 2 saturated carbocycles. The summed E-state index contributed by atoms with van der Waals surface area (Å²) in [5.74, 6) is -1.69. The molecule has 56 heavy (non-hydrogen) atoms. The molecule has 2 heterocycles. The molecule has 4 aliphatic rings. The van der Waals surface area contributed by atoms with Crippen molar-refractivity contribution >= 4 is 64.8 Å². The lowest BCUT2D eigenvalue weighted by atomic mass is 9.83. The SMILES string of the molecule is CCCC(NC(=O)C1CC2(CN1C(=O)C(NC(=O)CC1CCCC1)C1CCCCC1)SCCCS2)C(=O)C(=O)NCC(=O)NC(C(=O)N(C)C)c1ccccc1. The molecular weight excluding hydrogens is 753 g/mol. The van der Waals surface area contributed by atoms with Gasteiger partial charge in [0.1, 0.15) is 18.1 Å². The average Bonchev–Trinajstić information content (AvgIpc) is 3.86. The maximum absolute atomic E-state index is 14.7. The van der Waals surface area contributed by atoms with Crippen LogP contribution in [0.2, 0.25) is 0 Å². The first-order valence-corrected chi connectivity index (χ1v) is 22.4. The van der Waals surface area contributed by atoms with Crippen LogP contribution in [0.4, 0.5) is 0 Å². The Morgan fingerprint density at radius 1 is 0.839 bits per heavy atom. The van der Waals surface area contributed by atoms with E-state index in [4.69, 9.17) is 0 Å². The summed E-state index contributed by atoms with van der Waals surface area (Å²) in [6.07, 6.45) is 11.5. The van der Waals surface area contributed by atoms with E-state index in [9.17, 15) is 33.6 Å². The molecule has 0 radical (unpaired) electrons. The smallest absolute Gasteiger partial charge is 0.290 e. The highest BCUT2D eigenvalue weighted by Crippen LogP contribution is 2.50. The predicted molar refractivity (Wildman–Crippen MR) is 218 cm³/mol. The highest BCUT2D eigenvalue weighted by molar-refractivity contribution is 8.18. The van der Waals surface area contributed by atoms with E-state index < -0.39 is 54.2 Å². The summed E-state index contributed by atoms with van der Waals surface area (Å²) in [6, 6.07) is 4.93. The van der Waals surface area contributed by atoms with E-state index in [0.29, 0.717) is 37.3 Å². The molecule has 308 valence electrons. The molecule has 2 saturated heterocycles. The number of amides is 6. The molecule has 5 rings (SSSR count). The number of benzene rings is 1. The second-order valence-electron chi connectivity index (χ2n) is 16.0. The fourth-order valence-electron chi connectivity index (χ4n) is 8.50. The van der Waals surface area contributed by atoms with Crippen LogP contribution >= 0.6 is 23.5 Å². The lowest BCUT2D eigenvalue weighted by Crippen LogP contribution is -2.58. The molecule has 15 heteroatoms. The normalized spacial score (nSPS) is 21.4. The monoisotopic (exact) mass is 812 g/mol. The van der Waals surface area contributed by atoms with Crippen LogP contribution in [-0.2, 0) is 33.6 Å². The number of hydrogen-bond donors (Lipinski definition) is 4. The predicted octanol–water partition coefficient (Wildman–Crippen LogP) is 3.72. The number of nitrogens with zero attached hydrogens (tertiary/aromatic N) is 2. The lowest BCUT2D eigenvalue weighted by molar-refractivity contribution is -0.144. The number of nitrogens with one attached hydrogen (secondary N) is 4. The maximum Gasteiger partial charge on any atom is 0.290 e. The number of ketones is 1. The minimum absolute atomic E-state index is 0.0185. The van der Waals surface area contributed by atoms with Crippen LogP contribution in [0, 0.1) is 11.8 Å². The molecule has 0 bridgehead atoms. The Morgan fingerprint density at radius 3 is 2.14 bits per heavy atom. The standard InChI is InChI=1S/C41H60N6O7S2/c1-4-14-30(36(50)38(52)42-25-33(49)45-34(39(53)46(2)3)28-17-7-5-8-18-28)43-37(51)31-24-41(55-21-13-22-56-41)26-47(31)40(54)35(29-19-9-6-10-20-29)44-32(48)23-27-15-11-12-16-27/h5,7-8,17-18,27,29-31,34-35H,4,6,9-16,19-26H2,1-3H3,(H,42,52)(H,43,51)(H,44,48)(H,45,49). The van der Waals surface area contributed by atoms with Gasteiger partial charge in [-0.15, -0.1) is 23.5 Å². The third-order valence-electron chi connectivity index (χ3n) is 11.5. The quantitative estimate of drug-likeness (QED) is 0.182. The highest BCUT2D eigenvalue weighted by atomic mass is 32.2. The second kappa shape index (κ2) is 20.7. The van der Waals surface area contributed by atoms with Crippen molar-refractivity contribution in [3.05, 3.63) is 35.9 Å². The summed E-state index contributed by atoms with van der Waals surface area (Å²) in [7, 11) is 3.15. The Hall–Kier alpha value is -3.59. The topological polar surface area (TPSA) is 174 Å². The van der Waals surface area contributed by atoms with Crippen molar-refractivity contribution in [2.45, 2.75) is 125 Å². The summed E-state index contributed by atoms with van der Waals surface area (Å²) in [5, 5.41) is 11.0. The first kappa shape index (κ1) is 43.5. The fraction of sp³-hybridized carbons (Fsp3) is 0.683. The number of carbonyl (C=O) groups excluding carboxylic acids is 7. The van der Waals surface area contributed by atoms with Crippen molar-refractivity contribution in [2.24, 2.45) is 11.8 Å².